The Morgan fingerprint density at radius 1 is 1.17 bits per heavy atom. The van der Waals surface area contributed by atoms with E-state index in [1.54, 1.807) is 19.2 Å². The highest BCUT2D eigenvalue weighted by atomic mass is 127. The van der Waals surface area contributed by atoms with Gasteiger partial charge in [-0.15, -0.1) is 24.0 Å². The number of halogens is 1. The van der Waals surface area contributed by atoms with E-state index in [4.69, 9.17) is 10.5 Å². The third kappa shape index (κ3) is 6.07. The SMILES string of the molecule is COc1ccc(C(O)CN=C(N)Nc2ccc(C)cc2)cc1.I. The molecule has 1 atom stereocenters. The molecule has 5 nitrogen and oxygen atoms in total. The minimum absolute atomic E-state index is 0. The highest BCUT2D eigenvalue weighted by Gasteiger charge is 2.07. The predicted octanol–water partition coefficient (Wildman–Crippen LogP) is 3.08. The number of rotatable bonds is 5. The van der Waals surface area contributed by atoms with Crippen molar-refractivity contribution in [2.75, 3.05) is 19.0 Å². The molecule has 2 rings (SSSR count). The van der Waals surface area contributed by atoms with Gasteiger partial charge in [0.1, 0.15) is 5.75 Å². The Labute approximate surface area is 153 Å². The quantitative estimate of drug-likeness (QED) is 0.389. The van der Waals surface area contributed by atoms with Crippen molar-refractivity contribution in [3.05, 3.63) is 59.7 Å². The van der Waals surface area contributed by atoms with Gasteiger partial charge in [-0.2, -0.15) is 0 Å². The summed E-state index contributed by atoms with van der Waals surface area (Å²) in [5.41, 5.74) is 8.64. The highest BCUT2D eigenvalue weighted by molar-refractivity contribution is 14.0. The molecule has 1 unspecified atom stereocenters. The van der Waals surface area contributed by atoms with Crippen LogP contribution in [0, 0.1) is 6.92 Å². The zero-order valence-corrected chi connectivity index (χ0v) is 15.5. The van der Waals surface area contributed by atoms with Crippen LogP contribution < -0.4 is 15.8 Å². The second kappa shape index (κ2) is 9.36. The Balaban J connectivity index is 0.00000264. The first-order valence-electron chi connectivity index (χ1n) is 7.04. The molecule has 0 spiro atoms. The Morgan fingerprint density at radius 3 is 2.35 bits per heavy atom. The van der Waals surface area contributed by atoms with Crippen molar-refractivity contribution in [1.29, 1.82) is 0 Å². The number of nitrogens with zero attached hydrogens (tertiary/aromatic N) is 1. The molecule has 0 aliphatic carbocycles. The van der Waals surface area contributed by atoms with Crippen LogP contribution in [0.4, 0.5) is 5.69 Å². The number of anilines is 1. The molecule has 2 aromatic carbocycles. The van der Waals surface area contributed by atoms with E-state index in [2.05, 4.69) is 10.3 Å². The van der Waals surface area contributed by atoms with Gasteiger partial charge in [-0.1, -0.05) is 29.8 Å². The summed E-state index contributed by atoms with van der Waals surface area (Å²) < 4.78 is 5.08. The molecule has 0 bridgehead atoms. The lowest BCUT2D eigenvalue weighted by molar-refractivity contribution is 0.187. The fourth-order valence-corrected chi connectivity index (χ4v) is 1.94. The number of aliphatic hydroxyl groups excluding tert-OH is 1. The number of hydrogen-bond acceptors (Lipinski definition) is 3. The zero-order chi connectivity index (χ0) is 15.9. The molecule has 0 saturated carbocycles. The first kappa shape index (κ1) is 19.2. The van der Waals surface area contributed by atoms with Crippen LogP contribution in [0.3, 0.4) is 0 Å². The Morgan fingerprint density at radius 2 is 1.78 bits per heavy atom. The number of guanidine groups is 1. The van der Waals surface area contributed by atoms with Crippen LogP contribution in [0.2, 0.25) is 0 Å². The number of aliphatic imine (C=N–C) groups is 1. The third-order valence-electron chi connectivity index (χ3n) is 3.26. The van der Waals surface area contributed by atoms with Gasteiger partial charge >= 0.3 is 0 Å². The summed E-state index contributed by atoms with van der Waals surface area (Å²) >= 11 is 0. The van der Waals surface area contributed by atoms with Crippen molar-refractivity contribution in [1.82, 2.24) is 0 Å². The van der Waals surface area contributed by atoms with Crippen LogP contribution in [-0.2, 0) is 0 Å². The monoisotopic (exact) mass is 427 g/mol. The molecule has 0 aliphatic rings. The average Bonchev–Trinajstić information content (AvgIpc) is 2.55. The number of ether oxygens (including phenoxy) is 1. The van der Waals surface area contributed by atoms with Crippen LogP contribution in [-0.4, -0.2) is 24.7 Å². The molecule has 0 saturated heterocycles. The normalized spacial score (nSPS) is 12.2. The molecule has 0 fully saturated rings. The van der Waals surface area contributed by atoms with Crippen LogP contribution in [0.25, 0.3) is 0 Å². The van der Waals surface area contributed by atoms with Crippen LogP contribution in [0.1, 0.15) is 17.2 Å². The molecule has 4 N–H and O–H groups in total. The minimum atomic E-state index is -0.704. The van der Waals surface area contributed by atoms with E-state index < -0.39 is 6.10 Å². The summed E-state index contributed by atoms with van der Waals surface area (Å²) in [6, 6.07) is 15.1. The van der Waals surface area contributed by atoms with Gasteiger partial charge in [0.15, 0.2) is 5.96 Å². The van der Waals surface area contributed by atoms with Gasteiger partial charge in [0.25, 0.3) is 0 Å². The van der Waals surface area contributed by atoms with Gasteiger partial charge in [-0.3, -0.25) is 4.99 Å². The Hall–Kier alpha value is -1.80. The highest BCUT2D eigenvalue weighted by Crippen LogP contribution is 2.17. The van der Waals surface area contributed by atoms with Crippen LogP contribution in [0.5, 0.6) is 5.75 Å². The van der Waals surface area contributed by atoms with Gasteiger partial charge in [-0.25, -0.2) is 0 Å². The summed E-state index contributed by atoms with van der Waals surface area (Å²) in [5.74, 6) is 1.02. The van der Waals surface area contributed by atoms with E-state index in [0.717, 1.165) is 17.0 Å². The van der Waals surface area contributed by atoms with Crippen molar-refractivity contribution in [3.8, 4) is 5.75 Å². The van der Waals surface area contributed by atoms with Crippen molar-refractivity contribution < 1.29 is 9.84 Å². The van der Waals surface area contributed by atoms with E-state index in [1.807, 2.05) is 43.3 Å². The predicted molar refractivity (Wildman–Crippen MR) is 105 cm³/mol. The number of benzene rings is 2. The maximum Gasteiger partial charge on any atom is 0.193 e. The van der Waals surface area contributed by atoms with Crippen molar-refractivity contribution in [2.45, 2.75) is 13.0 Å². The summed E-state index contributed by atoms with van der Waals surface area (Å²) in [4.78, 5) is 4.16. The molecule has 6 heteroatoms. The van der Waals surface area contributed by atoms with Gasteiger partial charge in [0.2, 0.25) is 0 Å². The second-order valence-corrected chi connectivity index (χ2v) is 5.01. The minimum Gasteiger partial charge on any atom is -0.497 e. The first-order chi connectivity index (χ1) is 10.6. The lowest BCUT2D eigenvalue weighted by Crippen LogP contribution is -2.23. The van der Waals surface area contributed by atoms with E-state index >= 15 is 0 Å². The molecule has 0 radical (unpaired) electrons. The molecule has 0 amide bonds. The van der Waals surface area contributed by atoms with Crippen molar-refractivity contribution >= 4 is 35.6 Å². The summed E-state index contributed by atoms with van der Waals surface area (Å²) in [7, 11) is 1.60. The lowest BCUT2D eigenvalue weighted by atomic mass is 10.1. The second-order valence-electron chi connectivity index (χ2n) is 5.01. The van der Waals surface area contributed by atoms with E-state index in [9.17, 15) is 5.11 Å². The molecule has 0 aromatic heterocycles. The van der Waals surface area contributed by atoms with Crippen LogP contribution in [0.15, 0.2) is 53.5 Å². The molecule has 0 heterocycles. The molecular formula is C17H22IN3O2. The average molecular weight is 427 g/mol. The zero-order valence-electron chi connectivity index (χ0n) is 13.2. The standard InChI is InChI=1S/C17H21N3O2.HI/c1-12-3-7-14(8-4-12)20-17(18)19-11-16(21)13-5-9-15(22-2)10-6-13;/h3-10,16,21H,11H2,1-2H3,(H3,18,19,20);1H. The maximum atomic E-state index is 10.1. The van der Waals surface area contributed by atoms with Gasteiger partial charge in [-0.05, 0) is 36.8 Å². The first-order valence-corrected chi connectivity index (χ1v) is 7.04. The molecule has 124 valence electrons. The van der Waals surface area contributed by atoms with E-state index in [0.29, 0.717) is 0 Å². The fourth-order valence-electron chi connectivity index (χ4n) is 1.94. The molecule has 0 aliphatic heterocycles. The summed E-state index contributed by atoms with van der Waals surface area (Å²) in [6.07, 6.45) is -0.704. The van der Waals surface area contributed by atoms with E-state index in [-0.39, 0.29) is 36.5 Å². The van der Waals surface area contributed by atoms with E-state index in [1.165, 1.54) is 5.56 Å². The summed E-state index contributed by atoms with van der Waals surface area (Å²) in [5, 5.41) is 13.1. The van der Waals surface area contributed by atoms with Crippen molar-refractivity contribution in [3.63, 3.8) is 0 Å². The smallest absolute Gasteiger partial charge is 0.193 e. The Kier molecular flexibility index (Phi) is 7.84. The largest absolute Gasteiger partial charge is 0.497 e. The number of aliphatic hydroxyl groups is 1. The van der Waals surface area contributed by atoms with Crippen molar-refractivity contribution in [2.24, 2.45) is 10.7 Å². The summed E-state index contributed by atoms with van der Waals surface area (Å²) in [6.45, 7) is 2.21. The van der Waals surface area contributed by atoms with Gasteiger partial charge in [0.05, 0.1) is 19.8 Å². The van der Waals surface area contributed by atoms with Crippen LogP contribution >= 0.6 is 24.0 Å². The number of methoxy groups -OCH3 is 1. The maximum absolute atomic E-state index is 10.1. The molecular weight excluding hydrogens is 405 g/mol. The number of nitrogens with two attached hydrogens (primary N) is 1. The fraction of sp³-hybridized carbons (Fsp3) is 0.235. The molecule has 23 heavy (non-hydrogen) atoms. The Bertz CT molecular complexity index is 627. The topological polar surface area (TPSA) is 79.9 Å². The number of aryl methyl sites for hydroxylation is 1. The number of hydrogen-bond donors (Lipinski definition) is 3. The lowest BCUT2D eigenvalue weighted by Gasteiger charge is -2.10. The van der Waals surface area contributed by atoms with Gasteiger partial charge in [0, 0.05) is 5.69 Å². The molecule has 2 aromatic rings. The number of nitrogens with one attached hydrogen (secondary N) is 1. The third-order valence-corrected chi connectivity index (χ3v) is 3.26. The van der Waals surface area contributed by atoms with Gasteiger partial charge < -0.3 is 20.9 Å².